The molecule has 1 saturated heterocycles. The summed E-state index contributed by atoms with van der Waals surface area (Å²) in [5, 5.41) is 12.1. The summed E-state index contributed by atoms with van der Waals surface area (Å²) in [5.41, 5.74) is 0.486. The van der Waals surface area contributed by atoms with Crippen LogP contribution in [0.3, 0.4) is 0 Å². The number of esters is 1. The zero-order valence-corrected chi connectivity index (χ0v) is 18.2. The first-order chi connectivity index (χ1) is 15.0. The van der Waals surface area contributed by atoms with Crippen LogP contribution in [0.2, 0.25) is 0 Å². The zero-order chi connectivity index (χ0) is 21.8. The van der Waals surface area contributed by atoms with Crippen molar-refractivity contribution in [1.29, 1.82) is 0 Å². The Bertz CT molecular complexity index is 931. The number of methoxy groups -OCH3 is 2. The monoisotopic (exact) mass is 431 g/mol. The molecule has 5 rings (SSSR count). The highest BCUT2D eigenvalue weighted by Gasteiger charge is 2.72. The van der Waals surface area contributed by atoms with Crippen molar-refractivity contribution in [3.8, 4) is 11.5 Å². The van der Waals surface area contributed by atoms with E-state index in [0.29, 0.717) is 43.3 Å². The number of nitrogens with zero attached hydrogens (tertiary/aromatic N) is 1. The lowest BCUT2D eigenvalue weighted by atomic mass is 9.50. The van der Waals surface area contributed by atoms with E-state index in [1.54, 1.807) is 14.2 Å². The van der Waals surface area contributed by atoms with Crippen molar-refractivity contribution < 1.29 is 33.6 Å². The highest BCUT2D eigenvalue weighted by atomic mass is 16.6. The third kappa shape index (κ3) is 2.78. The molecule has 1 aromatic carbocycles. The van der Waals surface area contributed by atoms with Crippen LogP contribution >= 0.6 is 0 Å². The van der Waals surface area contributed by atoms with Crippen molar-refractivity contribution in [3.05, 3.63) is 35.1 Å². The number of carbonyl (C=O) groups is 1. The van der Waals surface area contributed by atoms with Gasteiger partial charge < -0.3 is 33.7 Å². The highest BCUT2D eigenvalue weighted by Crippen LogP contribution is 2.65. The maximum absolute atomic E-state index is 12.4. The largest absolute Gasteiger partial charge is 0.493 e. The van der Waals surface area contributed by atoms with Crippen LogP contribution in [-0.4, -0.2) is 81.4 Å². The predicted octanol–water partition coefficient (Wildman–Crippen LogP) is 1.18. The van der Waals surface area contributed by atoms with Gasteiger partial charge in [0.2, 0.25) is 0 Å². The van der Waals surface area contributed by atoms with Gasteiger partial charge >= 0.3 is 5.97 Å². The Kier molecular flexibility index (Phi) is 5.01. The van der Waals surface area contributed by atoms with Crippen LogP contribution in [0.5, 0.6) is 11.5 Å². The second-order valence-corrected chi connectivity index (χ2v) is 8.81. The molecule has 8 heteroatoms. The number of carbonyl (C=O) groups excluding carboxylic acids is 1. The van der Waals surface area contributed by atoms with Crippen LogP contribution in [0.1, 0.15) is 24.0 Å². The average Bonchev–Trinajstić information content (AvgIpc) is 3.11. The number of aliphatic hydroxyl groups is 1. The summed E-state index contributed by atoms with van der Waals surface area (Å²) < 4.78 is 28.0. The molecule has 0 saturated carbocycles. The number of hydrogen-bond acceptors (Lipinski definition) is 8. The Morgan fingerprint density at radius 2 is 2.16 bits per heavy atom. The maximum Gasteiger partial charge on any atom is 0.337 e. The maximum atomic E-state index is 12.4. The van der Waals surface area contributed by atoms with E-state index in [0.717, 1.165) is 24.1 Å². The molecule has 168 valence electrons. The quantitative estimate of drug-likeness (QED) is 0.509. The van der Waals surface area contributed by atoms with E-state index in [9.17, 15) is 9.90 Å². The van der Waals surface area contributed by atoms with Gasteiger partial charge in [-0.1, -0.05) is 6.07 Å². The van der Waals surface area contributed by atoms with E-state index in [1.165, 1.54) is 0 Å². The first kappa shape index (κ1) is 20.8. The molecular formula is C23H29NO7. The van der Waals surface area contributed by atoms with Gasteiger partial charge in [0.1, 0.15) is 12.4 Å². The van der Waals surface area contributed by atoms with Crippen LogP contribution in [0.25, 0.3) is 0 Å². The van der Waals surface area contributed by atoms with Gasteiger partial charge in [-0.25, -0.2) is 4.79 Å². The minimum atomic E-state index is -1.01. The molecule has 1 spiro atoms. The third-order valence-corrected chi connectivity index (χ3v) is 7.44. The van der Waals surface area contributed by atoms with Crippen LogP contribution in [0, 0.1) is 0 Å². The lowest BCUT2D eigenvalue weighted by Gasteiger charge is -2.61. The van der Waals surface area contributed by atoms with Gasteiger partial charge in [-0.15, -0.1) is 0 Å². The van der Waals surface area contributed by atoms with Gasteiger partial charge in [-0.05, 0) is 44.1 Å². The van der Waals surface area contributed by atoms with Crippen LogP contribution in [0.15, 0.2) is 24.0 Å². The smallest absolute Gasteiger partial charge is 0.337 e. The second-order valence-electron chi connectivity index (χ2n) is 8.81. The summed E-state index contributed by atoms with van der Waals surface area (Å²) in [6, 6.07) is 3.95. The highest BCUT2D eigenvalue weighted by molar-refractivity contribution is 5.73. The molecule has 0 unspecified atom stereocenters. The zero-order valence-electron chi connectivity index (χ0n) is 18.2. The fourth-order valence-corrected chi connectivity index (χ4v) is 6.05. The lowest BCUT2D eigenvalue weighted by Crippen LogP contribution is -2.74. The molecule has 4 atom stereocenters. The second kappa shape index (κ2) is 7.48. The topological polar surface area (TPSA) is 86.7 Å². The Balaban J connectivity index is 1.53. The van der Waals surface area contributed by atoms with E-state index >= 15 is 0 Å². The average molecular weight is 431 g/mol. The number of piperidine rings is 1. The van der Waals surface area contributed by atoms with Crippen molar-refractivity contribution in [3.63, 3.8) is 0 Å². The fraction of sp³-hybridized carbons (Fsp3) is 0.609. The molecule has 0 amide bonds. The van der Waals surface area contributed by atoms with Crippen molar-refractivity contribution in [2.45, 2.75) is 42.4 Å². The number of ether oxygens (including phenoxy) is 5. The Morgan fingerprint density at radius 1 is 1.32 bits per heavy atom. The summed E-state index contributed by atoms with van der Waals surface area (Å²) in [7, 11) is 5.25. The molecule has 1 N–H and O–H groups in total. The molecule has 2 heterocycles. The molecule has 4 aliphatic rings. The van der Waals surface area contributed by atoms with Crippen LogP contribution in [0.4, 0.5) is 0 Å². The number of benzene rings is 1. The van der Waals surface area contributed by atoms with E-state index in [2.05, 4.69) is 18.0 Å². The van der Waals surface area contributed by atoms with E-state index in [1.807, 2.05) is 12.1 Å². The van der Waals surface area contributed by atoms with Gasteiger partial charge in [0.15, 0.2) is 17.6 Å². The number of rotatable bonds is 7. The van der Waals surface area contributed by atoms with Crippen LogP contribution in [-0.2, 0) is 30.8 Å². The van der Waals surface area contributed by atoms with E-state index in [-0.39, 0.29) is 12.6 Å². The minimum Gasteiger partial charge on any atom is -0.493 e. The summed E-state index contributed by atoms with van der Waals surface area (Å²) in [6.07, 6.45) is 3.06. The predicted molar refractivity (Wildman–Crippen MR) is 110 cm³/mol. The van der Waals surface area contributed by atoms with Gasteiger partial charge in [-0.2, -0.15) is 0 Å². The first-order valence-electron chi connectivity index (χ1n) is 10.7. The van der Waals surface area contributed by atoms with Crippen molar-refractivity contribution in [1.82, 2.24) is 4.90 Å². The number of likely N-dealkylation sites (tertiary alicyclic amines) is 1. The van der Waals surface area contributed by atoms with Gasteiger partial charge in [0.05, 0.1) is 31.3 Å². The van der Waals surface area contributed by atoms with Crippen molar-refractivity contribution in [2.24, 2.45) is 0 Å². The molecule has 0 radical (unpaired) electrons. The molecule has 0 aromatic heterocycles. The Hall–Kier alpha value is -2.13. The molecule has 31 heavy (non-hydrogen) atoms. The standard InChI is InChI=1S/C23H29NO7/c1-24-9-8-22-19-14-4-5-15(28-3)20(19)31-21(22)16(6-7-23(22,26)17(24)12-14)30-18(25)13-29-11-10-27-2/h4-6,17,21,26H,7-13H2,1-3H3/t17-,21+,22+,23-/m1/s1. The van der Waals surface area contributed by atoms with Gasteiger partial charge in [-0.3, -0.25) is 0 Å². The van der Waals surface area contributed by atoms with Gasteiger partial charge in [0.25, 0.3) is 0 Å². The molecular weight excluding hydrogens is 402 g/mol. The Morgan fingerprint density at radius 3 is 2.94 bits per heavy atom. The minimum absolute atomic E-state index is 0.0370. The molecule has 1 fully saturated rings. The summed E-state index contributed by atoms with van der Waals surface area (Å²) in [5.74, 6) is 1.25. The fourth-order valence-electron chi connectivity index (χ4n) is 6.05. The molecule has 2 aliphatic carbocycles. The normalized spacial score (nSPS) is 32.7. The Labute approximate surface area is 181 Å². The van der Waals surface area contributed by atoms with Gasteiger partial charge in [0, 0.05) is 25.1 Å². The SMILES string of the molecule is COCCOCC(=O)OC1=CC[C@@]2(O)[C@H]3Cc4ccc(OC)c5c4[C@@]2(CCN3C)[C@H]1O5. The molecule has 2 aliphatic heterocycles. The molecule has 2 bridgehead atoms. The van der Waals surface area contributed by atoms with E-state index in [4.69, 9.17) is 23.7 Å². The molecule has 8 nitrogen and oxygen atoms in total. The first-order valence-corrected chi connectivity index (χ1v) is 10.7. The summed E-state index contributed by atoms with van der Waals surface area (Å²) in [6.45, 7) is 1.38. The summed E-state index contributed by atoms with van der Waals surface area (Å²) >= 11 is 0. The van der Waals surface area contributed by atoms with Crippen molar-refractivity contribution in [2.75, 3.05) is 47.6 Å². The van der Waals surface area contributed by atoms with Crippen molar-refractivity contribution >= 4 is 5.97 Å². The van der Waals surface area contributed by atoms with Crippen LogP contribution < -0.4 is 9.47 Å². The number of hydrogen-bond donors (Lipinski definition) is 1. The third-order valence-electron chi connectivity index (χ3n) is 7.44. The lowest BCUT2D eigenvalue weighted by molar-refractivity contribution is -0.170. The molecule has 1 aromatic rings. The van der Waals surface area contributed by atoms with E-state index < -0.39 is 23.1 Å². The summed E-state index contributed by atoms with van der Waals surface area (Å²) in [4.78, 5) is 14.7. The number of likely N-dealkylation sites (N-methyl/N-ethyl adjacent to an activating group) is 1.